The number of hydrogen-bond donors (Lipinski definition) is 1. The smallest absolute Gasteiger partial charge is 0.0681 e. The quantitative estimate of drug-likeness (QED) is 0.742. The SMILES string of the molecule is OCc1ccc(Sc2c3cccc2C3)cc1. The maximum atomic E-state index is 8.96. The first-order chi connectivity index (χ1) is 7.86. The molecule has 3 rings (SSSR count). The van der Waals surface area contributed by atoms with Crippen molar-refractivity contribution < 1.29 is 5.11 Å². The molecule has 1 aliphatic rings. The fourth-order valence-corrected chi connectivity index (χ4v) is 2.98. The molecular weight excluding hydrogens is 216 g/mol. The summed E-state index contributed by atoms with van der Waals surface area (Å²) in [4.78, 5) is 2.66. The predicted molar refractivity (Wildman–Crippen MR) is 65.7 cm³/mol. The van der Waals surface area contributed by atoms with E-state index in [1.807, 2.05) is 23.9 Å². The fraction of sp³-hybridized carbons (Fsp3) is 0.143. The van der Waals surface area contributed by atoms with Crippen LogP contribution in [0.3, 0.4) is 0 Å². The van der Waals surface area contributed by atoms with Crippen molar-refractivity contribution in [2.24, 2.45) is 0 Å². The average molecular weight is 228 g/mol. The van der Waals surface area contributed by atoms with E-state index in [0.717, 1.165) is 12.0 Å². The number of hydrogen-bond acceptors (Lipinski definition) is 2. The van der Waals surface area contributed by atoms with Gasteiger partial charge >= 0.3 is 0 Å². The van der Waals surface area contributed by atoms with E-state index in [0.29, 0.717) is 0 Å². The van der Waals surface area contributed by atoms with E-state index in [1.54, 1.807) is 0 Å². The maximum Gasteiger partial charge on any atom is 0.0681 e. The van der Waals surface area contributed by atoms with Gasteiger partial charge < -0.3 is 5.11 Å². The van der Waals surface area contributed by atoms with Gasteiger partial charge in [-0.25, -0.2) is 0 Å². The van der Waals surface area contributed by atoms with Crippen LogP contribution in [0.15, 0.2) is 52.3 Å². The average Bonchev–Trinajstić information content (AvgIpc) is 2.37. The van der Waals surface area contributed by atoms with Crippen LogP contribution in [0.25, 0.3) is 0 Å². The Bertz CT molecular complexity index is 497. The van der Waals surface area contributed by atoms with Crippen LogP contribution >= 0.6 is 11.8 Å². The van der Waals surface area contributed by atoms with Gasteiger partial charge in [-0.05, 0) is 35.2 Å². The van der Waals surface area contributed by atoms with Gasteiger partial charge in [-0.1, -0.05) is 42.1 Å². The summed E-state index contributed by atoms with van der Waals surface area (Å²) in [6, 6.07) is 14.6. The molecule has 2 aromatic rings. The van der Waals surface area contributed by atoms with Crippen LogP contribution in [-0.2, 0) is 13.0 Å². The lowest BCUT2D eigenvalue weighted by Gasteiger charge is -2.22. The molecule has 0 aliphatic heterocycles. The molecule has 0 saturated heterocycles. The summed E-state index contributed by atoms with van der Waals surface area (Å²) in [6.07, 6.45) is 1.13. The van der Waals surface area contributed by atoms with Gasteiger partial charge in [0.25, 0.3) is 0 Å². The second kappa shape index (κ2) is 3.96. The molecule has 2 aromatic carbocycles. The Labute approximate surface area is 99.1 Å². The molecule has 1 aliphatic carbocycles. The molecule has 0 fully saturated rings. The van der Waals surface area contributed by atoms with Crippen LogP contribution in [-0.4, -0.2) is 5.11 Å². The van der Waals surface area contributed by atoms with Crippen molar-refractivity contribution in [3.63, 3.8) is 0 Å². The zero-order chi connectivity index (χ0) is 11.0. The van der Waals surface area contributed by atoms with Crippen LogP contribution in [0.5, 0.6) is 0 Å². The molecule has 16 heavy (non-hydrogen) atoms. The van der Waals surface area contributed by atoms with Crippen molar-refractivity contribution in [2.45, 2.75) is 22.8 Å². The molecule has 2 heteroatoms. The first kappa shape index (κ1) is 9.94. The van der Waals surface area contributed by atoms with Gasteiger partial charge in [0.15, 0.2) is 0 Å². The highest BCUT2D eigenvalue weighted by molar-refractivity contribution is 7.99. The number of fused-ring (bicyclic) bond motifs is 2. The molecule has 0 saturated carbocycles. The van der Waals surface area contributed by atoms with Crippen molar-refractivity contribution in [3.05, 3.63) is 59.2 Å². The van der Waals surface area contributed by atoms with Gasteiger partial charge in [0.1, 0.15) is 0 Å². The Balaban J connectivity index is 1.83. The molecule has 0 amide bonds. The van der Waals surface area contributed by atoms with Crippen LogP contribution < -0.4 is 0 Å². The number of benzene rings is 2. The molecule has 80 valence electrons. The summed E-state index contributed by atoms with van der Waals surface area (Å²) < 4.78 is 0. The van der Waals surface area contributed by atoms with E-state index in [9.17, 15) is 0 Å². The number of aliphatic hydroxyl groups is 1. The Kier molecular flexibility index (Phi) is 2.46. The Morgan fingerprint density at radius 1 is 1.00 bits per heavy atom. The zero-order valence-corrected chi connectivity index (χ0v) is 9.63. The Morgan fingerprint density at radius 2 is 1.69 bits per heavy atom. The maximum absolute atomic E-state index is 8.96. The molecular formula is C14H12OS. The molecule has 0 spiro atoms. The third-order valence-electron chi connectivity index (χ3n) is 2.88. The predicted octanol–water partition coefficient (Wildman–Crippen LogP) is 3.23. The lowest BCUT2D eigenvalue weighted by Crippen LogP contribution is -2.05. The third kappa shape index (κ3) is 1.64. The van der Waals surface area contributed by atoms with E-state index in [1.165, 1.54) is 20.9 Å². The monoisotopic (exact) mass is 228 g/mol. The molecule has 1 N–H and O–H groups in total. The minimum Gasteiger partial charge on any atom is -0.392 e. The minimum absolute atomic E-state index is 0.118. The Hall–Kier alpha value is -1.25. The number of rotatable bonds is 3. The van der Waals surface area contributed by atoms with Gasteiger partial charge in [0.05, 0.1) is 6.61 Å². The molecule has 0 heterocycles. The summed E-state index contributed by atoms with van der Waals surface area (Å²) in [5, 5.41) is 8.96. The van der Waals surface area contributed by atoms with Crippen molar-refractivity contribution in [1.82, 2.24) is 0 Å². The highest BCUT2D eigenvalue weighted by Gasteiger charge is 2.18. The van der Waals surface area contributed by atoms with Crippen molar-refractivity contribution >= 4 is 11.8 Å². The number of aliphatic hydroxyl groups excluding tert-OH is 1. The highest BCUT2D eigenvalue weighted by atomic mass is 32.2. The molecule has 1 nitrogen and oxygen atoms in total. The van der Waals surface area contributed by atoms with E-state index in [-0.39, 0.29) is 6.61 Å². The van der Waals surface area contributed by atoms with E-state index in [2.05, 4.69) is 30.3 Å². The second-order valence-corrected chi connectivity index (χ2v) is 5.07. The zero-order valence-electron chi connectivity index (χ0n) is 8.81. The van der Waals surface area contributed by atoms with Gasteiger partial charge in [0, 0.05) is 9.79 Å². The summed E-state index contributed by atoms with van der Waals surface area (Å²) >= 11 is 1.82. The van der Waals surface area contributed by atoms with Crippen LogP contribution in [0.4, 0.5) is 0 Å². The molecule has 0 radical (unpaired) electrons. The minimum atomic E-state index is 0.118. The van der Waals surface area contributed by atoms with Crippen LogP contribution in [0.1, 0.15) is 16.7 Å². The lowest BCUT2D eigenvalue weighted by molar-refractivity contribution is 0.282. The van der Waals surface area contributed by atoms with E-state index < -0.39 is 0 Å². The van der Waals surface area contributed by atoms with Crippen molar-refractivity contribution in [1.29, 1.82) is 0 Å². The second-order valence-electron chi connectivity index (χ2n) is 3.99. The molecule has 2 bridgehead atoms. The summed E-state index contributed by atoms with van der Waals surface area (Å²) in [5.74, 6) is 0. The summed E-state index contributed by atoms with van der Waals surface area (Å²) in [6.45, 7) is 0.118. The van der Waals surface area contributed by atoms with Gasteiger partial charge in [0.2, 0.25) is 0 Å². The van der Waals surface area contributed by atoms with Crippen LogP contribution in [0, 0.1) is 0 Å². The lowest BCUT2D eigenvalue weighted by atomic mass is 9.93. The van der Waals surface area contributed by atoms with Gasteiger partial charge in [-0.3, -0.25) is 0 Å². The standard InChI is InChI=1S/C14H12OS/c15-9-10-4-6-13(7-5-10)16-14-11-2-1-3-12(14)8-11/h1-7,15H,8-9H2. The Morgan fingerprint density at radius 3 is 2.25 bits per heavy atom. The molecule has 0 unspecified atom stereocenters. The summed E-state index contributed by atoms with van der Waals surface area (Å²) in [5.41, 5.74) is 3.87. The van der Waals surface area contributed by atoms with Crippen LogP contribution in [0.2, 0.25) is 0 Å². The first-order valence-corrected chi connectivity index (χ1v) is 6.17. The third-order valence-corrected chi connectivity index (χ3v) is 4.12. The van der Waals surface area contributed by atoms with Gasteiger partial charge in [-0.15, -0.1) is 0 Å². The van der Waals surface area contributed by atoms with E-state index in [4.69, 9.17) is 5.11 Å². The van der Waals surface area contributed by atoms with E-state index >= 15 is 0 Å². The summed E-state index contributed by atoms with van der Waals surface area (Å²) in [7, 11) is 0. The molecule has 0 aromatic heterocycles. The molecule has 0 atom stereocenters. The normalized spacial score (nSPS) is 12.3. The van der Waals surface area contributed by atoms with Crippen molar-refractivity contribution in [3.8, 4) is 0 Å². The fourth-order valence-electron chi connectivity index (χ4n) is 1.93. The largest absolute Gasteiger partial charge is 0.392 e. The van der Waals surface area contributed by atoms with Gasteiger partial charge in [-0.2, -0.15) is 0 Å². The first-order valence-electron chi connectivity index (χ1n) is 5.35. The topological polar surface area (TPSA) is 20.2 Å². The highest BCUT2D eigenvalue weighted by Crippen LogP contribution is 2.41. The van der Waals surface area contributed by atoms with Crippen molar-refractivity contribution in [2.75, 3.05) is 0 Å².